The Labute approximate surface area is 151 Å². The number of rotatable bonds is 3. The normalized spacial score (nSPS) is 11.1. The number of nitrogens with one attached hydrogen (secondary N) is 2. The van der Waals surface area contributed by atoms with E-state index in [0.29, 0.717) is 16.5 Å². The fraction of sp³-hybridized carbons (Fsp3) is 0.133. The van der Waals surface area contributed by atoms with E-state index >= 15 is 0 Å². The van der Waals surface area contributed by atoms with Gasteiger partial charge in [0.05, 0.1) is 29.1 Å². The number of thiocarbonyl (C=S) groups is 1. The van der Waals surface area contributed by atoms with Crippen LogP contribution in [0, 0.1) is 0 Å². The van der Waals surface area contributed by atoms with Crippen LogP contribution in [-0.2, 0) is 6.18 Å². The van der Waals surface area contributed by atoms with Crippen LogP contribution in [0.5, 0.6) is 5.75 Å². The summed E-state index contributed by atoms with van der Waals surface area (Å²) in [7, 11) is 1.47. The molecule has 128 valence electrons. The Kier molecular flexibility index (Phi) is 5.79. The third-order valence-electron chi connectivity index (χ3n) is 2.95. The number of alkyl halides is 3. The fourth-order valence-corrected chi connectivity index (χ4v) is 2.41. The summed E-state index contributed by atoms with van der Waals surface area (Å²) in [6, 6.07) is 7.75. The van der Waals surface area contributed by atoms with Crippen LogP contribution in [0.1, 0.15) is 5.56 Å². The summed E-state index contributed by atoms with van der Waals surface area (Å²) in [5.41, 5.74) is -0.340. The minimum absolute atomic E-state index is 0.0324. The quantitative estimate of drug-likeness (QED) is 0.641. The van der Waals surface area contributed by atoms with Gasteiger partial charge in [0.15, 0.2) is 5.11 Å². The predicted molar refractivity (Wildman–Crippen MR) is 94.3 cm³/mol. The lowest BCUT2D eigenvalue weighted by molar-refractivity contribution is -0.137. The number of methoxy groups -OCH3 is 1. The highest BCUT2D eigenvalue weighted by Crippen LogP contribution is 2.34. The maximum atomic E-state index is 12.8. The van der Waals surface area contributed by atoms with Crippen molar-refractivity contribution in [3.8, 4) is 5.75 Å². The first-order chi connectivity index (χ1) is 11.2. The maximum Gasteiger partial charge on any atom is 0.416 e. The average Bonchev–Trinajstić information content (AvgIpc) is 2.48. The first-order valence-electron chi connectivity index (χ1n) is 6.49. The van der Waals surface area contributed by atoms with Gasteiger partial charge in [0, 0.05) is 5.02 Å². The Morgan fingerprint density at radius 2 is 1.71 bits per heavy atom. The summed E-state index contributed by atoms with van der Waals surface area (Å²) in [6.07, 6.45) is -4.48. The molecule has 0 aliphatic carbocycles. The summed E-state index contributed by atoms with van der Waals surface area (Å²) >= 11 is 16.9. The fourth-order valence-electron chi connectivity index (χ4n) is 1.85. The molecular formula is C15H11Cl2F3N2OS. The summed E-state index contributed by atoms with van der Waals surface area (Å²) in [5.74, 6) is 0.471. The van der Waals surface area contributed by atoms with Crippen molar-refractivity contribution in [3.05, 3.63) is 52.0 Å². The van der Waals surface area contributed by atoms with Gasteiger partial charge < -0.3 is 15.4 Å². The molecular weight excluding hydrogens is 384 g/mol. The van der Waals surface area contributed by atoms with Crippen LogP contribution >= 0.6 is 35.4 Å². The van der Waals surface area contributed by atoms with Gasteiger partial charge in [-0.3, -0.25) is 0 Å². The number of ether oxygens (including phenoxy) is 1. The molecule has 0 heterocycles. The molecule has 2 aromatic rings. The minimum Gasteiger partial charge on any atom is -0.495 e. The van der Waals surface area contributed by atoms with Gasteiger partial charge in [-0.25, -0.2) is 0 Å². The van der Waals surface area contributed by atoms with Crippen molar-refractivity contribution in [1.29, 1.82) is 0 Å². The van der Waals surface area contributed by atoms with E-state index in [0.717, 1.165) is 18.2 Å². The van der Waals surface area contributed by atoms with Gasteiger partial charge in [0.25, 0.3) is 0 Å². The molecule has 0 spiro atoms. The van der Waals surface area contributed by atoms with E-state index in [2.05, 4.69) is 10.6 Å². The Morgan fingerprint density at radius 1 is 1.04 bits per heavy atom. The second kappa shape index (κ2) is 7.46. The highest BCUT2D eigenvalue weighted by Gasteiger charge is 2.31. The molecule has 0 atom stereocenters. The van der Waals surface area contributed by atoms with Crippen molar-refractivity contribution in [2.24, 2.45) is 0 Å². The largest absolute Gasteiger partial charge is 0.495 e. The van der Waals surface area contributed by atoms with E-state index in [1.807, 2.05) is 0 Å². The first kappa shape index (κ1) is 18.6. The summed E-state index contributed by atoms with van der Waals surface area (Å²) in [5, 5.41) is 6.02. The van der Waals surface area contributed by atoms with Gasteiger partial charge in [0.2, 0.25) is 0 Å². The number of hydrogen-bond acceptors (Lipinski definition) is 2. The third-order valence-corrected chi connectivity index (χ3v) is 3.72. The van der Waals surface area contributed by atoms with Crippen LogP contribution < -0.4 is 15.4 Å². The Balaban J connectivity index is 2.20. The highest BCUT2D eigenvalue weighted by atomic mass is 35.5. The standard InChI is InChI=1S/C15H11Cl2F3N2OS/c1-23-13-5-3-9(16)7-12(13)22-14(24)21-11-6-8(15(18,19)20)2-4-10(11)17/h2-7H,1H3,(H2,21,22,24). The molecule has 0 aliphatic heterocycles. The second-order valence-corrected chi connectivity index (χ2v) is 5.87. The van der Waals surface area contributed by atoms with E-state index in [1.54, 1.807) is 18.2 Å². The maximum absolute atomic E-state index is 12.8. The molecule has 0 unspecified atom stereocenters. The number of hydrogen-bond donors (Lipinski definition) is 2. The van der Waals surface area contributed by atoms with Gasteiger partial charge in [-0.15, -0.1) is 0 Å². The zero-order valence-electron chi connectivity index (χ0n) is 12.2. The van der Waals surface area contributed by atoms with Gasteiger partial charge in [-0.1, -0.05) is 23.2 Å². The molecule has 2 N–H and O–H groups in total. The summed E-state index contributed by atoms with van der Waals surface area (Å²) in [4.78, 5) is 0. The molecule has 0 aliphatic rings. The van der Waals surface area contributed by atoms with Gasteiger partial charge in [0.1, 0.15) is 5.75 Å². The molecule has 24 heavy (non-hydrogen) atoms. The van der Waals surface area contributed by atoms with E-state index in [9.17, 15) is 13.2 Å². The van der Waals surface area contributed by atoms with Crippen molar-refractivity contribution in [2.75, 3.05) is 17.7 Å². The summed E-state index contributed by atoms with van der Waals surface area (Å²) < 4.78 is 43.5. The molecule has 0 saturated heterocycles. The highest BCUT2D eigenvalue weighted by molar-refractivity contribution is 7.80. The lowest BCUT2D eigenvalue weighted by atomic mass is 10.2. The monoisotopic (exact) mass is 394 g/mol. The lowest BCUT2D eigenvalue weighted by Gasteiger charge is -2.15. The van der Waals surface area contributed by atoms with Gasteiger partial charge in [-0.2, -0.15) is 13.2 Å². The van der Waals surface area contributed by atoms with Crippen LogP contribution in [0.4, 0.5) is 24.5 Å². The van der Waals surface area contributed by atoms with E-state index in [-0.39, 0.29) is 15.8 Å². The van der Waals surface area contributed by atoms with Crippen LogP contribution in [0.3, 0.4) is 0 Å². The molecule has 0 aromatic heterocycles. The zero-order valence-corrected chi connectivity index (χ0v) is 14.5. The second-order valence-electron chi connectivity index (χ2n) is 4.62. The van der Waals surface area contributed by atoms with Gasteiger partial charge in [-0.05, 0) is 48.6 Å². The van der Waals surface area contributed by atoms with Crippen LogP contribution in [0.25, 0.3) is 0 Å². The average molecular weight is 395 g/mol. The Bertz CT molecular complexity index is 769. The van der Waals surface area contributed by atoms with E-state index in [4.69, 9.17) is 40.2 Å². The molecule has 0 bridgehead atoms. The van der Waals surface area contributed by atoms with Crippen molar-refractivity contribution < 1.29 is 17.9 Å². The van der Waals surface area contributed by atoms with Crippen LogP contribution in [0.15, 0.2) is 36.4 Å². The molecule has 2 aromatic carbocycles. The zero-order chi connectivity index (χ0) is 17.9. The Hall–Kier alpha value is -1.70. The van der Waals surface area contributed by atoms with Crippen molar-refractivity contribution >= 4 is 51.9 Å². The lowest BCUT2D eigenvalue weighted by Crippen LogP contribution is -2.20. The molecule has 9 heteroatoms. The number of anilines is 2. The topological polar surface area (TPSA) is 33.3 Å². The molecule has 2 rings (SSSR count). The smallest absolute Gasteiger partial charge is 0.416 e. The number of benzene rings is 2. The third kappa shape index (κ3) is 4.66. The predicted octanol–water partition coefficient (Wildman–Crippen LogP) is 5.83. The first-order valence-corrected chi connectivity index (χ1v) is 7.65. The van der Waals surface area contributed by atoms with E-state index < -0.39 is 11.7 Å². The minimum atomic E-state index is -4.48. The van der Waals surface area contributed by atoms with E-state index in [1.165, 1.54) is 7.11 Å². The van der Waals surface area contributed by atoms with Crippen molar-refractivity contribution in [3.63, 3.8) is 0 Å². The van der Waals surface area contributed by atoms with Crippen molar-refractivity contribution in [2.45, 2.75) is 6.18 Å². The molecule has 0 amide bonds. The molecule has 0 radical (unpaired) electrons. The Morgan fingerprint density at radius 3 is 2.33 bits per heavy atom. The van der Waals surface area contributed by atoms with Crippen LogP contribution in [-0.4, -0.2) is 12.2 Å². The van der Waals surface area contributed by atoms with Gasteiger partial charge >= 0.3 is 6.18 Å². The van der Waals surface area contributed by atoms with Crippen LogP contribution in [0.2, 0.25) is 10.0 Å². The summed E-state index contributed by atoms with van der Waals surface area (Å²) in [6.45, 7) is 0. The number of halogens is 5. The molecule has 0 fully saturated rings. The molecule has 3 nitrogen and oxygen atoms in total. The molecule has 0 saturated carbocycles. The SMILES string of the molecule is COc1ccc(Cl)cc1NC(=S)Nc1cc(C(F)(F)F)ccc1Cl. The van der Waals surface area contributed by atoms with Crippen molar-refractivity contribution in [1.82, 2.24) is 0 Å².